The average Bonchev–Trinajstić information content (AvgIpc) is 2.39. The normalized spacial score (nSPS) is 15.3. The van der Waals surface area contributed by atoms with Gasteiger partial charge in [-0.05, 0) is 50.3 Å². The van der Waals surface area contributed by atoms with Crippen molar-refractivity contribution in [1.82, 2.24) is 10.3 Å². The SMILES string of the molecule is CCCNCc1ccncc1N(CC)CC1CCC1. The fourth-order valence-electron chi connectivity index (χ4n) is 2.63. The standard InChI is InChI=1S/C16H27N3/c1-3-9-17-11-15-8-10-18-12-16(15)19(4-2)13-14-6-5-7-14/h8,10,12,14,17H,3-7,9,11,13H2,1-2H3. The molecule has 1 N–H and O–H groups in total. The smallest absolute Gasteiger partial charge is 0.0598 e. The van der Waals surface area contributed by atoms with Crippen molar-refractivity contribution in [2.75, 3.05) is 24.5 Å². The number of aromatic nitrogens is 1. The van der Waals surface area contributed by atoms with Crippen molar-refractivity contribution in [3.8, 4) is 0 Å². The lowest BCUT2D eigenvalue weighted by atomic mass is 9.85. The summed E-state index contributed by atoms with van der Waals surface area (Å²) in [4.78, 5) is 6.82. The summed E-state index contributed by atoms with van der Waals surface area (Å²) >= 11 is 0. The molecule has 1 fully saturated rings. The van der Waals surface area contributed by atoms with Crippen LogP contribution in [0.25, 0.3) is 0 Å². The second-order valence-corrected chi connectivity index (χ2v) is 5.52. The van der Waals surface area contributed by atoms with Crippen molar-refractivity contribution in [3.63, 3.8) is 0 Å². The van der Waals surface area contributed by atoms with E-state index < -0.39 is 0 Å². The molecule has 3 nitrogen and oxygen atoms in total. The maximum absolute atomic E-state index is 4.32. The molecule has 19 heavy (non-hydrogen) atoms. The predicted molar refractivity (Wildman–Crippen MR) is 81.5 cm³/mol. The molecule has 1 aromatic heterocycles. The first-order valence-electron chi connectivity index (χ1n) is 7.73. The van der Waals surface area contributed by atoms with E-state index >= 15 is 0 Å². The molecule has 2 rings (SSSR count). The van der Waals surface area contributed by atoms with Crippen molar-refractivity contribution in [2.24, 2.45) is 5.92 Å². The quantitative estimate of drug-likeness (QED) is 0.728. The van der Waals surface area contributed by atoms with E-state index in [0.717, 1.165) is 25.6 Å². The second kappa shape index (κ2) is 7.49. The third-order valence-electron chi connectivity index (χ3n) is 4.06. The third-order valence-corrected chi connectivity index (χ3v) is 4.06. The van der Waals surface area contributed by atoms with Crippen LogP contribution in [0.3, 0.4) is 0 Å². The molecule has 1 aliphatic rings. The Morgan fingerprint density at radius 1 is 1.37 bits per heavy atom. The van der Waals surface area contributed by atoms with Gasteiger partial charge < -0.3 is 10.2 Å². The summed E-state index contributed by atoms with van der Waals surface area (Å²) in [5.41, 5.74) is 2.70. The van der Waals surface area contributed by atoms with Gasteiger partial charge in [0, 0.05) is 25.8 Å². The minimum Gasteiger partial charge on any atom is -0.370 e. The second-order valence-electron chi connectivity index (χ2n) is 5.52. The molecule has 0 radical (unpaired) electrons. The molecule has 0 unspecified atom stereocenters. The van der Waals surface area contributed by atoms with Gasteiger partial charge in [-0.3, -0.25) is 4.98 Å². The van der Waals surface area contributed by atoms with Crippen LogP contribution in [0.4, 0.5) is 5.69 Å². The molecule has 0 saturated heterocycles. The number of pyridine rings is 1. The van der Waals surface area contributed by atoms with Gasteiger partial charge in [-0.1, -0.05) is 13.3 Å². The number of rotatable bonds is 8. The van der Waals surface area contributed by atoms with Crippen LogP contribution in [-0.2, 0) is 6.54 Å². The largest absolute Gasteiger partial charge is 0.370 e. The highest BCUT2D eigenvalue weighted by Crippen LogP contribution is 2.29. The van der Waals surface area contributed by atoms with Crippen LogP contribution in [0.5, 0.6) is 0 Å². The first kappa shape index (κ1) is 14.3. The van der Waals surface area contributed by atoms with Crippen LogP contribution in [0, 0.1) is 5.92 Å². The maximum Gasteiger partial charge on any atom is 0.0598 e. The third kappa shape index (κ3) is 3.93. The zero-order valence-electron chi connectivity index (χ0n) is 12.4. The first-order valence-corrected chi connectivity index (χ1v) is 7.73. The molecular formula is C16H27N3. The molecule has 0 aliphatic heterocycles. The summed E-state index contributed by atoms with van der Waals surface area (Å²) < 4.78 is 0. The number of hydrogen-bond donors (Lipinski definition) is 1. The van der Waals surface area contributed by atoms with Crippen molar-refractivity contribution >= 4 is 5.69 Å². The molecule has 3 heteroatoms. The van der Waals surface area contributed by atoms with Crippen LogP contribution in [0.15, 0.2) is 18.5 Å². The van der Waals surface area contributed by atoms with Gasteiger partial charge in [0.15, 0.2) is 0 Å². The van der Waals surface area contributed by atoms with E-state index in [4.69, 9.17) is 0 Å². The Labute approximate surface area is 117 Å². The van der Waals surface area contributed by atoms with Gasteiger partial charge in [0.05, 0.1) is 11.9 Å². The molecule has 0 amide bonds. The maximum atomic E-state index is 4.32. The molecule has 1 saturated carbocycles. The van der Waals surface area contributed by atoms with Gasteiger partial charge in [-0.25, -0.2) is 0 Å². The van der Waals surface area contributed by atoms with Gasteiger partial charge in [0.1, 0.15) is 0 Å². The fraction of sp³-hybridized carbons (Fsp3) is 0.688. The zero-order chi connectivity index (χ0) is 13.5. The molecule has 0 aromatic carbocycles. The van der Waals surface area contributed by atoms with E-state index in [1.807, 2.05) is 12.4 Å². The van der Waals surface area contributed by atoms with Crippen LogP contribution < -0.4 is 10.2 Å². The molecule has 1 heterocycles. The van der Waals surface area contributed by atoms with Crippen molar-refractivity contribution in [1.29, 1.82) is 0 Å². The highest BCUT2D eigenvalue weighted by molar-refractivity contribution is 5.51. The Bertz CT molecular complexity index is 374. The van der Waals surface area contributed by atoms with Gasteiger partial charge in [-0.15, -0.1) is 0 Å². The summed E-state index contributed by atoms with van der Waals surface area (Å²) in [6.45, 7) is 8.75. The first-order chi connectivity index (χ1) is 9.35. The Hall–Kier alpha value is -1.09. The number of nitrogens with zero attached hydrogens (tertiary/aromatic N) is 2. The molecular weight excluding hydrogens is 234 g/mol. The van der Waals surface area contributed by atoms with E-state index in [1.54, 1.807) is 0 Å². The Morgan fingerprint density at radius 3 is 2.84 bits per heavy atom. The van der Waals surface area contributed by atoms with E-state index in [9.17, 15) is 0 Å². The van der Waals surface area contributed by atoms with Gasteiger partial charge >= 0.3 is 0 Å². The summed E-state index contributed by atoms with van der Waals surface area (Å²) in [5, 5.41) is 3.50. The molecule has 106 valence electrons. The molecule has 1 aromatic rings. The minimum absolute atomic E-state index is 0.900. The lowest BCUT2D eigenvalue weighted by Gasteiger charge is -2.34. The van der Waals surface area contributed by atoms with Gasteiger partial charge in [0.25, 0.3) is 0 Å². The lowest BCUT2D eigenvalue weighted by Crippen LogP contribution is -2.33. The monoisotopic (exact) mass is 261 g/mol. The van der Waals surface area contributed by atoms with Gasteiger partial charge in [0.2, 0.25) is 0 Å². The number of nitrogens with one attached hydrogen (secondary N) is 1. The van der Waals surface area contributed by atoms with Crippen LogP contribution in [0.1, 0.15) is 45.1 Å². The van der Waals surface area contributed by atoms with Crippen molar-refractivity contribution in [3.05, 3.63) is 24.0 Å². The molecule has 1 aliphatic carbocycles. The zero-order valence-corrected chi connectivity index (χ0v) is 12.4. The van der Waals surface area contributed by atoms with E-state index in [1.165, 1.54) is 43.5 Å². The summed E-state index contributed by atoms with van der Waals surface area (Å²) in [7, 11) is 0. The van der Waals surface area contributed by atoms with E-state index in [-0.39, 0.29) is 0 Å². The Kier molecular flexibility index (Phi) is 5.64. The van der Waals surface area contributed by atoms with E-state index in [0.29, 0.717) is 0 Å². The average molecular weight is 261 g/mol. The molecule has 0 atom stereocenters. The fourth-order valence-corrected chi connectivity index (χ4v) is 2.63. The Balaban J connectivity index is 2.02. The topological polar surface area (TPSA) is 28.2 Å². The number of anilines is 1. The summed E-state index contributed by atoms with van der Waals surface area (Å²) in [6.07, 6.45) is 9.34. The highest BCUT2D eigenvalue weighted by Gasteiger charge is 2.21. The highest BCUT2D eigenvalue weighted by atomic mass is 15.1. The minimum atomic E-state index is 0.900. The summed E-state index contributed by atoms with van der Waals surface area (Å²) in [5.74, 6) is 0.900. The molecule has 0 bridgehead atoms. The van der Waals surface area contributed by atoms with Crippen molar-refractivity contribution in [2.45, 2.75) is 46.1 Å². The lowest BCUT2D eigenvalue weighted by molar-refractivity contribution is 0.318. The predicted octanol–water partition coefficient (Wildman–Crippen LogP) is 3.21. The van der Waals surface area contributed by atoms with Crippen LogP contribution in [-0.4, -0.2) is 24.6 Å². The Morgan fingerprint density at radius 2 is 2.21 bits per heavy atom. The van der Waals surface area contributed by atoms with Crippen molar-refractivity contribution < 1.29 is 0 Å². The van der Waals surface area contributed by atoms with Crippen LogP contribution in [0.2, 0.25) is 0 Å². The summed E-state index contributed by atoms with van der Waals surface area (Å²) in [6, 6.07) is 2.15. The van der Waals surface area contributed by atoms with Gasteiger partial charge in [-0.2, -0.15) is 0 Å². The molecule has 0 spiro atoms. The number of hydrogen-bond acceptors (Lipinski definition) is 3. The van der Waals surface area contributed by atoms with E-state index in [2.05, 4.69) is 35.1 Å². The van der Waals surface area contributed by atoms with Crippen LogP contribution >= 0.6 is 0 Å².